The molecule has 114 valence electrons. The minimum absolute atomic E-state index is 0.177. The van der Waals surface area contributed by atoms with Crippen molar-refractivity contribution in [1.82, 2.24) is 5.32 Å². The lowest BCUT2D eigenvalue weighted by Crippen LogP contribution is -2.40. The molecule has 0 spiro atoms. The number of methoxy groups -OCH3 is 1. The quantitative estimate of drug-likeness (QED) is 0.560. The van der Waals surface area contributed by atoms with Gasteiger partial charge in [-0.1, -0.05) is 18.2 Å². The molecule has 21 heavy (non-hydrogen) atoms. The predicted octanol–water partition coefficient (Wildman–Crippen LogP) is 0.571. The summed E-state index contributed by atoms with van der Waals surface area (Å²) in [6, 6.07) is 8.50. The second-order valence-corrected chi connectivity index (χ2v) is 4.72. The summed E-state index contributed by atoms with van der Waals surface area (Å²) < 4.78 is 10.2. The Morgan fingerprint density at radius 1 is 1.19 bits per heavy atom. The number of carbonyl (C=O) groups excluding carboxylic acids is 2. The van der Waals surface area contributed by atoms with Crippen LogP contribution in [0.2, 0.25) is 0 Å². The number of hydrogen-bond acceptors (Lipinski definition) is 5. The fourth-order valence-corrected chi connectivity index (χ4v) is 2.19. The number of hydrogen-bond donors (Lipinski definition) is 1. The Morgan fingerprint density at radius 2 is 1.95 bits per heavy atom. The van der Waals surface area contributed by atoms with Crippen molar-refractivity contribution in [2.45, 2.75) is 12.5 Å². The average Bonchev–Trinajstić information content (AvgIpc) is 2.78. The van der Waals surface area contributed by atoms with Gasteiger partial charge in [0.15, 0.2) is 0 Å². The van der Waals surface area contributed by atoms with E-state index >= 15 is 0 Å². The molecule has 0 bridgehead atoms. The number of benzene rings is 1. The van der Waals surface area contributed by atoms with E-state index in [4.69, 9.17) is 9.47 Å². The zero-order valence-corrected chi connectivity index (χ0v) is 12.1. The van der Waals surface area contributed by atoms with Crippen molar-refractivity contribution < 1.29 is 19.1 Å². The summed E-state index contributed by atoms with van der Waals surface area (Å²) in [7, 11) is 1.61. The molecule has 6 nitrogen and oxygen atoms in total. The third-order valence-electron chi connectivity index (χ3n) is 3.23. The highest BCUT2D eigenvalue weighted by Crippen LogP contribution is 2.22. The molecule has 0 radical (unpaired) electrons. The first-order valence-electron chi connectivity index (χ1n) is 6.96. The van der Waals surface area contributed by atoms with Gasteiger partial charge in [0.2, 0.25) is 5.91 Å². The Bertz CT molecular complexity index is 478. The molecule has 1 aromatic rings. The highest BCUT2D eigenvalue weighted by Gasteiger charge is 2.38. The van der Waals surface area contributed by atoms with E-state index in [1.807, 2.05) is 6.07 Å². The number of anilines is 1. The molecule has 1 unspecified atom stereocenters. The van der Waals surface area contributed by atoms with E-state index in [-0.39, 0.29) is 18.2 Å². The Hall–Kier alpha value is -1.76. The van der Waals surface area contributed by atoms with Gasteiger partial charge in [-0.3, -0.25) is 9.59 Å². The summed E-state index contributed by atoms with van der Waals surface area (Å²) in [5.74, 6) is -0.382. The van der Waals surface area contributed by atoms with Crippen molar-refractivity contribution in [2.75, 3.05) is 38.4 Å². The number of nitrogens with one attached hydrogen (secondary N) is 1. The van der Waals surface area contributed by atoms with Crippen LogP contribution in [0.15, 0.2) is 30.3 Å². The number of rotatable bonds is 8. The maximum Gasteiger partial charge on any atom is 0.251 e. The van der Waals surface area contributed by atoms with E-state index in [0.29, 0.717) is 32.1 Å². The van der Waals surface area contributed by atoms with E-state index in [0.717, 1.165) is 0 Å². The predicted molar refractivity (Wildman–Crippen MR) is 78.0 cm³/mol. The summed E-state index contributed by atoms with van der Waals surface area (Å²) in [6.45, 7) is 2.07. The maximum atomic E-state index is 12.3. The van der Waals surface area contributed by atoms with Crippen LogP contribution in [0.3, 0.4) is 0 Å². The van der Waals surface area contributed by atoms with Crippen molar-refractivity contribution in [3.63, 3.8) is 0 Å². The first kappa shape index (κ1) is 15.6. The molecule has 1 aliphatic rings. The molecular formula is C15H20N2O4. The first-order valence-corrected chi connectivity index (χ1v) is 6.96. The molecule has 2 rings (SSSR count). The monoisotopic (exact) mass is 292 g/mol. The molecule has 1 N–H and O–H groups in total. The van der Waals surface area contributed by atoms with Gasteiger partial charge in [0.1, 0.15) is 0 Å². The van der Waals surface area contributed by atoms with E-state index in [1.165, 1.54) is 4.90 Å². The number of amides is 2. The lowest BCUT2D eigenvalue weighted by molar-refractivity contribution is -0.121. The molecule has 1 atom stereocenters. The minimum atomic E-state index is -0.469. The second-order valence-electron chi connectivity index (χ2n) is 4.72. The van der Waals surface area contributed by atoms with Crippen LogP contribution in [0.1, 0.15) is 6.42 Å². The summed E-state index contributed by atoms with van der Waals surface area (Å²) in [4.78, 5) is 25.5. The third kappa shape index (κ3) is 4.10. The van der Waals surface area contributed by atoms with Crippen molar-refractivity contribution >= 4 is 17.5 Å². The zero-order chi connectivity index (χ0) is 15.1. The van der Waals surface area contributed by atoms with Crippen LogP contribution in [0, 0.1) is 0 Å². The lowest BCUT2D eigenvalue weighted by Gasteiger charge is -2.15. The summed E-state index contributed by atoms with van der Waals surface area (Å²) >= 11 is 0. The molecule has 1 aliphatic heterocycles. The largest absolute Gasteiger partial charge is 0.382 e. The molecule has 0 aliphatic carbocycles. The lowest BCUT2D eigenvalue weighted by atomic mass is 10.2. The van der Waals surface area contributed by atoms with Gasteiger partial charge in [-0.2, -0.15) is 0 Å². The van der Waals surface area contributed by atoms with Crippen LogP contribution in [-0.4, -0.2) is 51.3 Å². The number of ether oxygens (including phenoxy) is 2. The Labute approximate surface area is 124 Å². The second kappa shape index (κ2) is 7.87. The van der Waals surface area contributed by atoms with Gasteiger partial charge in [0.05, 0.1) is 38.0 Å². The van der Waals surface area contributed by atoms with Crippen LogP contribution in [0.4, 0.5) is 5.69 Å². The van der Waals surface area contributed by atoms with Crippen LogP contribution >= 0.6 is 0 Å². The maximum absolute atomic E-state index is 12.3. The van der Waals surface area contributed by atoms with E-state index in [2.05, 4.69) is 5.32 Å². The third-order valence-corrected chi connectivity index (χ3v) is 3.23. The molecule has 2 amide bonds. The molecule has 0 saturated carbocycles. The van der Waals surface area contributed by atoms with Gasteiger partial charge in [0.25, 0.3) is 5.91 Å². The van der Waals surface area contributed by atoms with E-state index in [1.54, 1.807) is 31.4 Å². The number of imide groups is 1. The zero-order valence-electron chi connectivity index (χ0n) is 12.1. The molecule has 1 aromatic carbocycles. The van der Waals surface area contributed by atoms with Gasteiger partial charge in [-0.15, -0.1) is 0 Å². The van der Waals surface area contributed by atoms with Gasteiger partial charge in [-0.05, 0) is 12.1 Å². The van der Waals surface area contributed by atoms with Crippen LogP contribution < -0.4 is 10.2 Å². The summed E-state index contributed by atoms with van der Waals surface area (Å²) in [5.41, 5.74) is 0.619. The van der Waals surface area contributed by atoms with Gasteiger partial charge in [0, 0.05) is 13.7 Å². The van der Waals surface area contributed by atoms with Crippen molar-refractivity contribution in [3.05, 3.63) is 30.3 Å². The summed E-state index contributed by atoms with van der Waals surface area (Å²) in [6.07, 6.45) is 0.186. The fraction of sp³-hybridized carbons (Fsp3) is 0.467. The Balaban J connectivity index is 1.82. The molecule has 1 heterocycles. The van der Waals surface area contributed by atoms with Gasteiger partial charge >= 0.3 is 0 Å². The first-order chi connectivity index (χ1) is 10.2. The summed E-state index contributed by atoms with van der Waals surface area (Å²) in [5, 5.41) is 3.06. The van der Waals surface area contributed by atoms with Gasteiger partial charge < -0.3 is 14.8 Å². The molecule has 6 heteroatoms. The van der Waals surface area contributed by atoms with Crippen LogP contribution in [0.5, 0.6) is 0 Å². The number of nitrogens with zero attached hydrogens (tertiary/aromatic N) is 1. The SMILES string of the molecule is COCCOCCNC1CC(=O)N(c2ccccc2)C1=O. The van der Waals surface area contributed by atoms with Crippen LogP contribution in [-0.2, 0) is 19.1 Å². The van der Waals surface area contributed by atoms with Crippen molar-refractivity contribution in [1.29, 1.82) is 0 Å². The van der Waals surface area contributed by atoms with E-state index in [9.17, 15) is 9.59 Å². The Kier molecular flexibility index (Phi) is 5.86. The molecule has 0 aromatic heterocycles. The number of para-hydroxylation sites is 1. The number of carbonyl (C=O) groups is 2. The standard InChI is InChI=1S/C15H20N2O4/c1-20-9-10-21-8-7-16-13-11-14(18)17(15(13)19)12-5-3-2-4-6-12/h2-6,13,16H,7-11H2,1H3. The topological polar surface area (TPSA) is 67.9 Å². The fourth-order valence-electron chi connectivity index (χ4n) is 2.19. The Morgan fingerprint density at radius 3 is 2.67 bits per heavy atom. The molecular weight excluding hydrogens is 272 g/mol. The minimum Gasteiger partial charge on any atom is -0.382 e. The van der Waals surface area contributed by atoms with Crippen LogP contribution in [0.25, 0.3) is 0 Å². The average molecular weight is 292 g/mol. The molecule has 1 saturated heterocycles. The molecule has 1 fully saturated rings. The van der Waals surface area contributed by atoms with Crippen molar-refractivity contribution in [3.8, 4) is 0 Å². The normalized spacial score (nSPS) is 18.5. The van der Waals surface area contributed by atoms with E-state index < -0.39 is 6.04 Å². The van der Waals surface area contributed by atoms with Gasteiger partial charge in [-0.25, -0.2) is 4.90 Å². The highest BCUT2D eigenvalue weighted by molar-refractivity contribution is 6.22. The highest BCUT2D eigenvalue weighted by atomic mass is 16.5. The smallest absolute Gasteiger partial charge is 0.251 e. The van der Waals surface area contributed by atoms with Crippen molar-refractivity contribution in [2.24, 2.45) is 0 Å².